The Labute approximate surface area is 119 Å². The lowest BCUT2D eigenvalue weighted by Crippen LogP contribution is -2.41. The fraction of sp³-hybridized carbons (Fsp3) is 0.500. The molecule has 1 aromatic heterocycles. The van der Waals surface area contributed by atoms with Crippen LogP contribution in [-0.2, 0) is 16.8 Å². The van der Waals surface area contributed by atoms with Crippen LogP contribution in [0.5, 0.6) is 0 Å². The van der Waals surface area contributed by atoms with Crippen molar-refractivity contribution in [2.75, 3.05) is 13.6 Å². The number of nitrogens with zero attached hydrogens (tertiary/aromatic N) is 1. The first kappa shape index (κ1) is 16.1. The lowest BCUT2D eigenvalue weighted by molar-refractivity contribution is 0.449. The molecular weight excluding hydrogens is 282 g/mol. The second kappa shape index (κ2) is 7.03. The average Bonchev–Trinajstić information content (AvgIpc) is 2.72. The van der Waals surface area contributed by atoms with Crippen molar-refractivity contribution in [1.82, 2.24) is 9.03 Å². The maximum absolute atomic E-state index is 11.9. The van der Waals surface area contributed by atoms with Crippen LogP contribution in [0.2, 0.25) is 0 Å². The van der Waals surface area contributed by atoms with Crippen LogP contribution in [-0.4, -0.2) is 32.4 Å². The van der Waals surface area contributed by atoms with E-state index in [0.29, 0.717) is 13.1 Å². The molecule has 0 saturated carbocycles. The molecule has 106 valence electrons. The van der Waals surface area contributed by atoms with Gasteiger partial charge in [-0.15, -0.1) is 11.3 Å². The van der Waals surface area contributed by atoms with Crippen molar-refractivity contribution < 1.29 is 8.42 Å². The molecule has 0 unspecified atom stereocenters. The highest BCUT2D eigenvalue weighted by atomic mass is 32.2. The highest BCUT2D eigenvalue weighted by Gasteiger charge is 2.18. The Morgan fingerprint density at radius 2 is 2.21 bits per heavy atom. The summed E-state index contributed by atoms with van der Waals surface area (Å²) in [6, 6.07) is 1.76. The molecule has 1 heterocycles. The van der Waals surface area contributed by atoms with E-state index in [1.54, 1.807) is 20.9 Å². The van der Waals surface area contributed by atoms with Crippen molar-refractivity contribution in [1.29, 1.82) is 0 Å². The first-order valence-electron chi connectivity index (χ1n) is 5.85. The molecule has 1 rings (SSSR count). The van der Waals surface area contributed by atoms with Gasteiger partial charge in [-0.25, -0.2) is 0 Å². The molecule has 0 atom stereocenters. The van der Waals surface area contributed by atoms with Gasteiger partial charge in [-0.05, 0) is 30.9 Å². The zero-order chi connectivity index (χ0) is 14.5. The van der Waals surface area contributed by atoms with E-state index in [1.807, 2.05) is 11.4 Å². The van der Waals surface area contributed by atoms with Crippen LogP contribution in [0.4, 0.5) is 0 Å². The van der Waals surface area contributed by atoms with Crippen molar-refractivity contribution in [2.24, 2.45) is 5.73 Å². The normalized spacial score (nSPS) is 11.7. The van der Waals surface area contributed by atoms with Crippen molar-refractivity contribution in [3.8, 4) is 11.8 Å². The summed E-state index contributed by atoms with van der Waals surface area (Å²) in [6.45, 7) is 4.22. The third-order valence-corrected chi connectivity index (χ3v) is 4.78. The van der Waals surface area contributed by atoms with Crippen LogP contribution in [0.15, 0.2) is 11.4 Å². The van der Waals surface area contributed by atoms with Crippen LogP contribution in [0, 0.1) is 11.8 Å². The molecule has 0 spiro atoms. The maximum Gasteiger partial charge on any atom is 0.279 e. The van der Waals surface area contributed by atoms with Gasteiger partial charge in [0.15, 0.2) is 0 Å². The zero-order valence-electron chi connectivity index (χ0n) is 11.3. The van der Waals surface area contributed by atoms with Gasteiger partial charge in [0.1, 0.15) is 0 Å². The molecule has 0 aliphatic carbocycles. The average molecular weight is 301 g/mol. The Morgan fingerprint density at radius 1 is 1.53 bits per heavy atom. The molecule has 0 fully saturated rings. The van der Waals surface area contributed by atoms with E-state index in [9.17, 15) is 8.42 Å². The van der Waals surface area contributed by atoms with E-state index < -0.39 is 10.2 Å². The summed E-state index contributed by atoms with van der Waals surface area (Å²) in [6.07, 6.45) is 0. The van der Waals surface area contributed by atoms with Crippen LogP contribution in [0.3, 0.4) is 0 Å². The third-order valence-electron chi connectivity index (χ3n) is 2.17. The second-order valence-corrected chi connectivity index (χ2v) is 7.08. The van der Waals surface area contributed by atoms with Crippen molar-refractivity contribution >= 4 is 21.5 Å². The van der Waals surface area contributed by atoms with Gasteiger partial charge in [0, 0.05) is 19.6 Å². The number of nitrogens with one attached hydrogen (secondary N) is 1. The molecule has 0 aromatic carbocycles. The van der Waals surface area contributed by atoms with Crippen LogP contribution < -0.4 is 10.5 Å². The Hall–Kier alpha value is -0.910. The molecule has 0 amide bonds. The van der Waals surface area contributed by atoms with Crippen molar-refractivity contribution in [2.45, 2.75) is 26.4 Å². The largest absolute Gasteiger partial charge is 0.320 e. The fourth-order valence-electron chi connectivity index (χ4n) is 1.39. The van der Waals surface area contributed by atoms with E-state index in [4.69, 9.17) is 5.73 Å². The Bertz CT molecular complexity index is 567. The molecule has 7 heteroatoms. The summed E-state index contributed by atoms with van der Waals surface area (Å²) >= 11 is 1.48. The minimum atomic E-state index is -3.43. The topological polar surface area (TPSA) is 75.4 Å². The lowest BCUT2D eigenvalue weighted by Gasteiger charge is -2.18. The van der Waals surface area contributed by atoms with Gasteiger partial charge < -0.3 is 5.73 Å². The molecule has 1 aromatic rings. The molecule has 0 aliphatic heterocycles. The number of rotatable bonds is 5. The summed E-state index contributed by atoms with van der Waals surface area (Å²) in [5.41, 5.74) is 6.22. The number of thiophene rings is 1. The van der Waals surface area contributed by atoms with Crippen LogP contribution in [0.25, 0.3) is 0 Å². The lowest BCUT2D eigenvalue weighted by atomic mass is 10.3. The molecule has 19 heavy (non-hydrogen) atoms. The molecule has 3 N–H and O–H groups in total. The predicted octanol–water partition coefficient (Wildman–Crippen LogP) is 0.733. The second-order valence-electron chi connectivity index (χ2n) is 4.36. The van der Waals surface area contributed by atoms with E-state index in [0.717, 1.165) is 10.4 Å². The summed E-state index contributed by atoms with van der Waals surface area (Å²) in [5.74, 6) is 5.70. The zero-order valence-corrected chi connectivity index (χ0v) is 12.9. The first-order valence-corrected chi connectivity index (χ1v) is 8.17. The van der Waals surface area contributed by atoms with E-state index in [2.05, 4.69) is 16.6 Å². The highest BCUT2D eigenvalue weighted by Crippen LogP contribution is 2.16. The Balaban J connectivity index is 2.72. The molecular formula is C12H19N3O2S2. The van der Waals surface area contributed by atoms with Crippen molar-refractivity contribution in [3.05, 3.63) is 21.9 Å². The number of hydrogen-bond acceptors (Lipinski definition) is 4. The number of hydrogen-bond donors (Lipinski definition) is 2. The Kier molecular flexibility index (Phi) is 5.97. The maximum atomic E-state index is 11.9. The minimum Gasteiger partial charge on any atom is -0.320 e. The van der Waals surface area contributed by atoms with Gasteiger partial charge in [-0.2, -0.15) is 17.4 Å². The van der Waals surface area contributed by atoms with Crippen molar-refractivity contribution in [3.63, 3.8) is 0 Å². The van der Waals surface area contributed by atoms with E-state index >= 15 is 0 Å². The smallest absolute Gasteiger partial charge is 0.279 e. The highest BCUT2D eigenvalue weighted by molar-refractivity contribution is 7.87. The molecule has 0 aliphatic rings. The van der Waals surface area contributed by atoms with Crippen LogP contribution in [0.1, 0.15) is 24.3 Å². The minimum absolute atomic E-state index is 0.124. The van der Waals surface area contributed by atoms with Gasteiger partial charge in [0.05, 0.1) is 11.4 Å². The van der Waals surface area contributed by atoms with Gasteiger partial charge in [0.2, 0.25) is 0 Å². The first-order chi connectivity index (χ1) is 8.85. The fourth-order valence-corrected chi connectivity index (χ4v) is 3.26. The quantitative estimate of drug-likeness (QED) is 0.787. The summed E-state index contributed by atoms with van der Waals surface area (Å²) in [5, 5.41) is 1.90. The molecule has 0 saturated heterocycles. The van der Waals surface area contributed by atoms with Gasteiger partial charge in [0.25, 0.3) is 10.2 Å². The predicted molar refractivity (Wildman–Crippen MR) is 78.9 cm³/mol. The summed E-state index contributed by atoms with van der Waals surface area (Å²) in [4.78, 5) is 0.892. The van der Waals surface area contributed by atoms with Crippen LogP contribution >= 0.6 is 11.3 Å². The molecule has 0 bridgehead atoms. The molecule has 0 radical (unpaired) electrons. The van der Waals surface area contributed by atoms with Gasteiger partial charge in [-0.1, -0.05) is 11.8 Å². The summed E-state index contributed by atoms with van der Waals surface area (Å²) < 4.78 is 27.6. The molecule has 5 nitrogen and oxygen atoms in total. The van der Waals surface area contributed by atoms with Gasteiger partial charge in [-0.3, -0.25) is 0 Å². The van der Waals surface area contributed by atoms with E-state index in [1.165, 1.54) is 15.6 Å². The van der Waals surface area contributed by atoms with E-state index in [-0.39, 0.29) is 6.04 Å². The third kappa shape index (κ3) is 5.30. The Morgan fingerprint density at radius 3 is 2.79 bits per heavy atom. The summed E-state index contributed by atoms with van der Waals surface area (Å²) in [7, 11) is -1.88. The monoisotopic (exact) mass is 301 g/mol. The SMILES string of the molecule is CC(C)NS(=O)(=O)N(C)Cc1csc(C#CCN)c1. The number of nitrogens with two attached hydrogens (primary N) is 1. The standard InChI is InChI=1S/C12H19N3O2S2/c1-10(2)14-19(16,17)15(3)8-11-7-12(18-9-11)5-4-6-13/h7,9-10,14H,6,8,13H2,1-3H3. The van der Waals surface area contributed by atoms with Gasteiger partial charge >= 0.3 is 0 Å².